The highest BCUT2D eigenvalue weighted by molar-refractivity contribution is 5.77. The molecule has 0 bridgehead atoms. The maximum atomic E-state index is 12.1. The predicted molar refractivity (Wildman–Crippen MR) is 54.9 cm³/mol. The van der Waals surface area contributed by atoms with E-state index in [4.69, 9.17) is 5.73 Å². The summed E-state index contributed by atoms with van der Waals surface area (Å²) < 4.78 is 36.4. The fourth-order valence-electron chi connectivity index (χ4n) is 0.885. The molecule has 0 aromatic carbocycles. The van der Waals surface area contributed by atoms with Crippen LogP contribution in [0.1, 0.15) is 11.6 Å². The molecule has 4 N–H and O–H groups in total. The van der Waals surface area contributed by atoms with Crippen LogP contribution >= 0.6 is 0 Å². The number of nitrogens with two attached hydrogens (primary N) is 1. The maximum absolute atomic E-state index is 12.1. The number of aromatic nitrogens is 3. The van der Waals surface area contributed by atoms with Gasteiger partial charge in [-0.1, -0.05) is 6.08 Å². The number of hydrogen-bond donors (Lipinski definition) is 3. The molecule has 94 valence electrons. The summed E-state index contributed by atoms with van der Waals surface area (Å²) >= 11 is 0. The monoisotopic (exact) mass is 248 g/mol. The number of nitrogens with zero attached hydrogens (tertiary/aromatic N) is 3. The van der Waals surface area contributed by atoms with E-state index < -0.39 is 12.0 Å². The van der Waals surface area contributed by atoms with Gasteiger partial charge in [0.05, 0.1) is 0 Å². The summed E-state index contributed by atoms with van der Waals surface area (Å²) in [6, 6.07) is 0. The van der Waals surface area contributed by atoms with Crippen LogP contribution in [0.5, 0.6) is 0 Å². The lowest BCUT2D eigenvalue weighted by Gasteiger charge is -2.00. The molecule has 0 amide bonds. The molecule has 0 aliphatic heterocycles. The van der Waals surface area contributed by atoms with Crippen LogP contribution in [0.15, 0.2) is 17.6 Å². The topological polar surface area (TPSA) is 92.0 Å². The average molecular weight is 248 g/mol. The van der Waals surface area contributed by atoms with E-state index in [1.54, 1.807) is 6.08 Å². The minimum absolute atomic E-state index is 0.0133. The summed E-state index contributed by atoms with van der Waals surface area (Å²) in [4.78, 5) is 6.99. The lowest BCUT2D eigenvalue weighted by Crippen LogP contribution is -2.31. The minimum Gasteiger partial charge on any atom is -0.370 e. The van der Waals surface area contributed by atoms with Gasteiger partial charge in [-0.3, -0.25) is 5.10 Å². The van der Waals surface area contributed by atoms with Gasteiger partial charge in [-0.25, -0.2) is 9.98 Å². The van der Waals surface area contributed by atoms with E-state index in [-0.39, 0.29) is 18.3 Å². The number of aliphatic imine (C=N–C) groups is 1. The fraction of sp³-hybridized carbons (Fsp3) is 0.375. The van der Waals surface area contributed by atoms with Gasteiger partial charge in [0, 0.05) is 6.54 Å². The first kappa shape index (κ1) is 13.0. The summed E-state index contributed by atoms with van der Waals surface area (Å²) in [5, 5.41) is 7.82. The van der Waals surface area contributed by atoms with Crippen LogP contribution in [-0.2, 0) is 12.7 Å². The molecule has 9 heteroatoms. The Morgan fingerprint density at radius 1 is 1.59 bits per heavy atom. The van der Waals surface area contributed by atoms with Gasteiger partial charge in [-0.15, -0.1) is 11.7 Å². The molecule has 1 aromatic rings. The molecule has 1 rings (SSSR count). The molecule has 0 saturated heterocycles. The smallest absolute Gasteiger partial charge is 0.370 e. The Morgan fingerprint density at radius 2 is 2.29 bits per heavy atom. The number of guanidine groups is 1. The zero-order valence-electron chi connectivity index (χ0n) is 8.75. The van der Waals surface area contributed by atoms with Gasteiger partial charge in [0.2, 0.25) is 0 Å². The van der Waals surface area contributed by atoms with Crippen LogP contribution in [0.25, 0.3) is 0 Å². The van der Waals surface area contributed by atoms with Crippen molar-refractivity contribution >= 4 is 5.96 Å². The van der Waals surface area contributed by atoms with Crippen LogP contribution in [0.3, 0.4) is 0 Å². The first-order chi connectivity index (χ1) is 7.93. The van der Waals surface area contributed by atoms with Gasteiger partial charge in [0.25, 0.3) is 5.82 Å². The minimum atomic E-state index is -4.56. The van der Waals surface area contributed by atoms with Gasteiger partial charge in [-0.05, 0) is 0 Å². The van der Waals surface area contributed by atoms with Crippen molar-refractivity contribution in [3.63, 3.8) is 0 Å². The molecule has 0 aliphatic carbocycles. The van der Waals surface area contributed by atoms with E-state index in [9.17, 15) is 13.2 Å². The highest BCUT2D eigenvalue weighted by atomic mass is 19.4. The van der Waals surface area contributed by atoms with E-state index in [2.05, 4.69) is 32.1 Å². The highest BCUT2D eigenvalue weighted by Gasteiger charge is 2.35. The summed E-state index contributed by atoms with van der Waals surface area (Å²) in [6.07, 6.45) is -3.00. The average Bonchev–Trinajstić information content (AvgIpc) is 2.71. The van der Waals surface area contributed by atoms with Crippen LogP contribution in [0, 0.1) is 0 Å². The quantitative estimate of drug-likeness (QED) is 0.409. The van der Waals surface area contributed by atoms with Crippen molar-refractivity contribution in [3.05, 3.63) is 24.3 Å². The van der Waals surface area contributed by atoms with Gasteiger partial charge in [0.1, 0.15) is 12.4 Å². The van der Waals surface area contributed by atoms with Crippen molar-refractivity contribution in [2.75, 3.05) is 6.54 Å². The second-order valence-corrected chi connectivity index (χ2v) is 2.97. The highest BCUT2D eigenvalue weighted by Crippen LogP contribution is 2.25. The summed E-state index contributed by atoms with van der Waals surface area (Å²) in [5.74, 6) is -1.14. The summed E-state index contributed by atoms with van der Waals surface area (Å²) in [5.41, 5.74) is 5.41. The zero-order chi connectivity index (χ0) is 12.9. The number of halogens is 3. The van der Waals surface area contributed by atoms with Crippen molar-refractivity contribution in [1.29, 1.82) is 0 Å². The largest absolute Gasteiger partial charge is 0.453 e. The normalized spacial score (nSPS) is 12.5. The third-order valence-corrected chi connectivity index (χ3v) is 1.61. The van der Waals surface area contributed by atoms with Crippen molar-refractivity contribution in [2.24, 2.45) is 10.7 Å². The van der Waals surface area contributed by atoms with Crippen molar-refractivity contribution in [1.82, 2.24) is 20.5 Å². The second-order valence-electron chi connectivity index (χ2n) is 2.97. The Kier molecular flexibility index (Phi) is 4.07. The molecule has 0 aliphatic rings. The Morgan fingerprint density at radius 3 is 2.82 bits per heavy atom. The Hall–Kier alpha value is -2.06. The number of H-pyrrole nitrogens is 1. The SMILES string of the molecule is C=CCNC(N)=NCc1nc(C(F)(F)F)n[nH]1. The molecule has 1 aromatic heterocycles. The lowest BCUT2D eigenvalue weighted by molar-refractivity contribution is -0.144. The second kappa shape index (κ2) is 5.32. The van der Waals surface area contributed by atoms with E-state index in [1.807, 2.05) is 0 Å². The standard InChI is InChI=1S/C8H11F3N6/c1-2-3-13-7(12)14-4-5-15-6(17-16-5)8(9,10)11/h2H,1,3-4H2,(H3,12,13,14)(H,15,16,17). The number of alkyl halides is 3. The molecule has 0 radical (unpaired) electrons. The van der Waals surface area contributed by atoms with Crippen molar-refractivity contribution < 1.29 is 13.2 Å². The van der Waals surface area contributed by atoms with E-state index in [1.165, 1.54) is 0 Å². The van der Waals surface area contributed by atoms with Crippen LogP contribution < -0.4 is 11.1 Å². The van der Waals surface area contributed by atoms with Crippen LogP contribution in [0.2, 0.25) is 0 Å². The van der Waals surface area contributed by atoms with Gasteiger partial charge < -0.3 is 11.1 Å². The van der Waals surface area contributed by atoms with E-state index >= 15 is 0 Å². The van der Waals surface area contributed by atoms with Crippen molar-refractivity contribution in [3.8, 4) is 0 Å². The number of nitrogens with one attached hydrogen (secondary N) is 2. The molecule has 0 atom stereocenters. The molecular weight excluding hydrogens is 237 g/mol. The molecule has 6 nitrogen and oxygen atoms in total. The van der Waals surface area contributed by atoms with Crippen molar-refractivity contribution in [2.45, 2.75) is 12.7 Å². The molecular formula is C8H11F3N6. The maximum Gasteiger partial charge on any atom is 0.453 e. The summed E-state index contributed by atoms with van der Waals surface area (Å²) in [7, 11) is 0. The first-order valence-electron chi connectivity index (χ1n) is 4.56. The first-order valence-corrected chi connectivity index (χ1v) is 4.56. The molecule has 0 saturated carbocycles. The summed E-state index contributed by atoms with van der Waals surface area (Å²) in [6.45, 7) is 3.76. The van der Waals surface area contributed by atoms with Crippen LogP contribution in [0.4, 0.5) is 13.2 Å². The molecule has 17 heavy (non-hydrogen) atoms. The number of hydrogen-bond acceptors (Lipinski definition) is 3. The Labute approximate surface area is 94.8 Å². The third-order valence-electron chi connectivity index (χ3n) is 1.61. The van der Waals surface area contributed by atoms with Gasteiger partial charge in [0.15, 0.2) is 5.96 Å². The number of rotatable bonds is 4. The van der Waals surface area contributed by atoms with E-state index in [0.717, 1.165) is 0 Å². The van der Waals surface area contributed by atoms with Gasteiger partial charge >= 0.3 is 6.18 Å². The van der Waals surface area contributed by atoms with Gasteiger partial charge in [-0.2, -0.15) is 13.2 Å². The molecule has 0 unspecified atom stereocenters. The number of aromatic amines is 1. The lowest BCUT2D eigenvalue weighted by atomic mass is 10.6. The fourth-order valence-corrected chi connectivity index (χ4v) is 0.885. The van der Waals surface area contributed by atoms with E-state index in [0.29, 0.717) is 6.54 Å². The molecule has 1 heterocycles. The Bertz CT molecular complexity index is 408. The van der Waals surface area contributed by atoms with Crippen LogP contribution in [-0.4, -0.2) is 27.7 Å². The zero-order valence-corrected chi connectivity index (χ0v) is 8.75. The third kappa shape index (κ3) is 4.13. The molecule has 0 spiro atoms. The Balaban J connectivity index is 2.58. The predicted octanol–water partition coefficient (Wildman–Crippen LogP) is 0.414. The molecule has 0 fully saturated rings.